The third-order valence-corrected chi connectivity index (χ3v) is 4.32. The predicted molar refractivity (Wildman–Crippen MR) is 104 cm³/mol. The summed E-state index contributed by atoms with van der Waals surface area (Å²) in [6.07, 6.45) is 1.39. The Bertz CT molecular complexity index is 1130. The summed E-state index contributed by atoms with van der Waals surface area (Å²) in [4.78, 5) is 46.0. The number of fused-ring (bicyclic) bond motifs is 1. The number of aromatic nitrogens is 4. The zero-order chi connectivity index (χ0) is 20.3. The summed E-state index contributed by atoms with van der Waals surface area (Å²) < 4.78 is 6.98. The van der Waals surface area contributed by atoms with Crippen LogP contribution in [-0.2, 0) is 23.1 Å². The molecule has 0 aliphatic carbocycles. The molecule has 0 fully saturated rings. The molecule has 1 N–H and O–H groups in total. The molecule has 9 heteroatoms. The lowest BCUT2D eigenvalue weighted by molar-refractivity contribution is -0.121. The van der Waals surface area contributed by atoms with Gasteiger partial charge in [-0.05, 0) is 6.92 Å². The Morgan fingerprint density at radius 2 is 1.93 bits per heavy atom. The molecule has 0 saturated carbocycles. The fourth-order valence-corrected chi connectivity index (χ4v) is 2.76. The number of nitrogens with zero attached hydrogens (tertiary/aromatic N) is 4. The number of hydrogen-bond donors (Lipinski definition) is 1. The Labute approximate surface area is 160 Å². The van der Waals surface area contributed by atoms with E-state index in [0.717, 1.165) is 15.7 Å². The van der Waals surface area contributed by atoms with Gasteiger partial charge in [-0.25, -0.2) is 14.8 Å². The number of methoxy groups -OCH3 is 1. The van der Waals surface area contributed by atoms with Gasteiger partial charge in [0.05, 0.1) is 6.61 Å². The van der Waals surface area contributed by atoms with Gasteiger partial charge in [-0.3, -0.25) is 18.7 Å². The molecule has 1 aromatic carbocycles. The molecule has 0 aliphatic rings. The maximum atomic E-state index is 12.7. The van der Waals surface area contributed by atoms with Crippen molar-refractivity contribution < 1.29 is 9.53 Å². The fraction of sp³-hybridized carbons (Fsp3) is 0.316. The molecule has 0 bridgehead atoms. The summed E-state index contributed by atoms with van der Waals surface area (Å²) >= 11 is 0. The average molecular weight is 383 g/mol. The van der Waals surface area contributed by atoms with Gasteiger partial charge < -0.3 is 10.1 Å². The Kier molecular flexibility index (Phi) is 5.65. The highest BCUT2D eigenvalue weighted by atomic mass is 16.5. The zero-order valence-electron chi connectivity index (χ0n) is 15.9. The molecule has 0 unspecified atom stereocenters. The van der Waals surface area contributed by atoms with Gasteiger partial charge in [0, 0.05) is 32.5 Å². The topological polar surface area (TPSA) is 108 Å². The van der Waals surface area contributed by atoms with Crippen LogP contribution < -0.4 is 16.6 Å². The van der Waals surface area contributed by atoms with Crippen LogP contribution in [0.1, 0.15) is 5.56 Å². The monoisotopic (exact) mass is 383 g/mol. The van der Waals surface area contributed by atoms with Crippen LogP contribution in [0.25, 0.3) is 22.4 Å². The van der Waals surface area contributed by atoms with Gasteiger partial charge >= 0.3 is 5.69 Å². The summed E-state index contributed by atoms with van der Waals surface area (Å²) in [5.74, 6) is -0.0373. The molecule has 0 radical (unpaired) electrons. The van der Waals surface area contributed by atoms with Crippen molar-refractivity contribution in [1.82, 2.24) is 24.4 Å². The summed E-state index contributed by atoms with van der Waals surface area (Å²) in [6.45, 7) is 2.22. The molecule has 146 valence electrons. The van der Waals surface area contributed by atoms with E-state index >= 15 is 0 Å². The van der Waals surface area contributed by atoms with Crippen molar-refractivity contribution in [2.75, 3.05) is 20.3 Å². The number of carbonyl (C=O) groups is 1. The number of carbonyl (C=O) groups excluding carboxylic acids is 1. The van der Waals surface area contributed by atoms with E-state index in [2.05, 4.69) is 15.3 Å². The van der Waals surface area contributed by atoms with Crippen LogP contribution in [0.5, 0.6) is 0 Å². The van der Waals surface area contributed by atoms with Crippen molar-refractivity contribution in [3.05, 3.63) is 56.9 Å². The molecule has 0 spiro atoms. The molecular weight excluding hydrogens is 362 g/mol. The normalized spacial score (nSPS) is 11.0. The molecule has 28 heavy (non-hydrogen) atoms. The van der Waals surface area contributed by atoms with E-state index in [4.69, 9.17) is 4.74 Å². The van der Waals surface area contributed by atoms with Crippen LogP contribution in [0.2, 0.25) is 0 Å². The minimum Gasteiger partial charge on any atom is -0.383 e. The molecule has 2 aromatic heterocycles. The number of ether oxygens (including phenoxy) is 1. The van der Waals surface area contributed by atoms with Gasteiger partial charge in [0.2, 0.25) is 5.91 Å². The minimum atomic E-state index is -0.618. The van der Waals surface area contributed by atoms with Gasteiger partial charge in [0.15, 0.2) is 11.5 Å². The minimum absolute atomic E-state index is 0.169. The van der Waals surface area contributed by atoms with E-state index in [1.54, 1.807) is 0 Å². The zero-order valence-corrected chi connectivity index (χ0v) is 15.9. The maximum Gasteiger partial charge on any atom is 0.332 e. The van der Waals surface area contributed by atoms with Crippen molar-refractivity contribution in [1.29, 1.82) is 0 Å². The molecule has 3 rings (SSSR count). The standard InChI is InChI=1S/C19H21N5O4/c1-12-4-6-13(7-5-12)16-21-10-14-17(22-16)23(2)19(27)24(18(14)26)11-15(25)20-8-9-28-3/h4-7,10H,8-9,11H2,1-3H3,(H,20,25). The number of benzene rings is 1. The number of nitrogens with one attached hydrogen (secondary N) is 1. The largest absolute Gasteiger partial charge is 0.383 e. The lowest BCUT2D eigenvalue weighted by Crippen LogP contribution is -2.43. The van der Waals surface area contributed by atoms with Crippen molar-refractivity contribution in [2.24, 2.45) is 7.05 Å². The van der Waals surface area contributed by atoms with Crippen LogP contribution in [0.15, 0.2) is 40.1 Å². The predicted octanol–water partition coefficient (Wildman–Crippen LogP) is 0.228. The number of aryl methyl sites for hydroxylation is 2. The molecule has 2 heterocycles. The highest BCUT2D eigenvalue weighted by Crippen LogP contribution is 2.16. The second-order valence-electron chi connectivity index (χ2n) is 6.37. The average Bonchev–Trinajstić information content (AvgIpc) is 2.70. The van der Waals surface area contributed by atoms with Crippen molar-refractivity contribution in [3.8, 4) is 11.4 Å². The van der Waals surface area contributed by atoms with Gasteiger partial charge in [0.25, 0.3) is 5.56 Å². The Balaban J connectivity index is 2.02. The van der Waals surface area contributed by atoms with Crippen LogP contribution in [0.3, 0.4) is 0 Å². The van der Waals surface area contributed by atoms with Gasteiger partial charge in [-0.1, -0.05) is 29.8 Å². The first-order chi connectivity index (χ1) is 13.4. The maximum absolute atomic E-state index is 12.7. The van der Waals surface area contributed by atoms with Crippen LogP contribution >= 0.6 is 0 Å². The summed E-state index contributed by atoms with van der Waals surface area (Å²) in [5.41, 5.74) is 0.880. The first-order valence-electron chi connectivity index (χ1n) is 8.71. The second-order valence-corrected chi connectivity index (χ2v) is 6.37. The summed E-state index contributed by atoms with van der Waals surface area (Å²) in [5, 5.41) is 2.76. The molecule has 0 atom stereocenters. The first kappa shape index (κ1) is 19.4. The molecular formula is C19H21N5O4. The van der Waals surface area contributed by atoms with Crippen molar-refractivity contribution in [3.63, 3.8) is 0 Å². The lowest BCUT2D eigenvalue weighted by Gasteiger charge is -2.11. The molecule has 1 amide bonds. The van der Waals surface area contributed by atoms with E-state index in [-0.39, 0.29) is 17.6 Å². The van der Waals surface area contributed by atoms with Crippen molar-refractivity contribution in [2.45, 2.75) is 13.5 Å². The highest BCUT2D eigenvalue weighted by molar-refractivity contribution is 5.78. The molecule has 9 nitrogen and oxygen atoms in total. The van der Waals surface area contributed by atoms with Gasteiger partial charge in [0.1, 0.15) is 11.9 Å². The number of hydrogen-bond acceptors (Lipinski definition) is 6. The van der Waals surface area contributed by atoms with Crippen molar-refractivity contribution >= 4 is 16.9 Å². The summed E-state index contributed by atoms with van der Waals surface area (Å²) in [6, 6.07) is 7.62. The Hall–Kier alpha value is -3.33. The Morgan fingerprint density at radius 1 is 1.21 bits per heavy atom. The van der Waals surface area contributed by atoms with E-state index in [0.29, 0.717) is 19.0 Å². The highest BCUT2D eigenvalue weighted by Gasteiger charge is 2.16. The second kappa shape index (κ2) is 8.13. The third-order valence-electron chi connectivity index (χ3n) is 4.32. The van der Waals surface area contributed by atoms with E-state index in [1.807, 2.05) is 31.2 Å². The van der Waals surface area contributed by atoms with E-state index in [1.165, 1.54) is 24.9 Å². The quantitative estimate of drug-likeness (QED) is 0.611. The number of amides is 1. The molecule has 0 saturated heterocycles. The van der Waals surface area contributed by atoms with Crippen LogP contribution in [0, 0.1) is 6.92 Å². The molecule has 3 aromatic rings. The van der Waals surface area contributed by atoms with Crippen LogP contribution in [-0.4, -0.2) is 45.3 Å². The lowest BCUT2D eigenvalue weighted by atomic mass is 10.1. The van der Waals surface area contributed by atoms with E-state index in [9.17, 15) is 14.4 Å². The smallest absolute Gasteiger partial charge is 0.332 e. The summed E-state index contributed by atoms with van der Waals surface area (Å²) in [7, 11) is 3.02. The number of rotatable bonds is 6. The fourth-order valence-electron chi connectivity index (χ4n) is 2.76. The van der Waals surface area contributed by atoms with Gasteiger partial charge in [-0.2, -0.15) is 0 Å². The van der Waals surface area contributed by atoms with Crippen LogP contribution in [0.4, 0.5) is 0 Å². The first-order valence-corrected chi connectivity index (χ1v) is 8.71. The third kappa shape index (κ3) is 3.84. The van der Waals surface area contributed by atoms with Gasteiger partial charge in [-0.15, -0.1) is 0 Å². The SMILES string of the molecule is COCCNC(=O)Cn1c(=O)c2cnc(-c3ccc(C)cc3)nc2n(C)c1=O. The van der Waals surface area contributed by atoms with E-state index < -0.39 is 17.2 Å². The molecule has 0 aliphatic heterocycles. The Morgan fingerprint density at radius 3 is 2.61 bits per heavy atom.